The summed E-state index contributed by atoms with van der Waals surface area (Å²) in [6.45, 7) is 2.05. The first kappa shape index (κ1) is 13.9. The van der Waals surface area contributed by atoms with E-state index < -0.39 is 0 Å². The van der Waals surface area contributed by atoms with Crippen molar-refractivity contribution < 1.29 is 0 Å². The predicted molar refractivity (Wildman–Crippen MR) is 88.1 cm³/mol. The molecule has 1 heterocycles. The molecule has 3 aromatic rings. The summed E-state index contributed by atoms with van der Waals surface area (Å²) in [6.07, 6.45) is 0. The highest BCUT2D eigenvalue weighted by Crippen LogP contribution is 2.27. The second-order valence-electron chi connectivity index (χ2n) is 4.56. The molecule has 0 radical (unpaired) electrons. The van der Waals surface area contributed by atoms with Crippen LogP contribution in [0.3, 0.4) is 0 Å². The number of benzene rings is 2. The summed E-state index contributed by atoms with van der Waals surface area (Å²) in [5, 5.41) is 0.686. The van der Waals surface area contributed by atoms with Crippen molar-refractivity contribution in [2.24, 2.45) is 0 Å². The molecule has 5 heteroatoms. The average molecular weight is 370 g/mol. The molecule has 0 aliphatic carbocycles. The normalized spacial score (nSPS) is 11.2. The van der Waals surface area contributed by atoms with E-state index in [1.165, 1.54) is 5.56 Å². The fourth-order valence-electron chi connectivity index (χ4n) is 2.20. The summed E-state index contributed by atoms with van der Waals surface area (Å²) in [5.41, 5.74) is 4.05. The van der Waals surface area contributed by atoms with Crippen molar-refractivity contribution in [2.45, 2.75) is 12.8 Å². The van der Waals surface area contributed by atoms with E-state index in [0.717, 1.165) is 27.0 Å². The van der Waals surface area contributed by atoms with Crippen LogP contribution in [-0.4, -0.2) is 9.55 Å². The molecule has 0 spiro atoms. The van der Waals surface area contributed by atoms with Gasteiger partial charge in [-0.2, -0.15) is 0 Å². The van der Waals surface area contributed by atoms with Crippen molar-refractivity contribution in [3.8, 4) is 5.69 Å². The lowest BCUT2D eigenvalue weighted by molar-refractivity contribution is 0.980. The lowest BCUT2D eigenvalue weighted by atomic mass is 10.2. The van der Waals surface area contributed by atoms with Crippen molar-refractivity contribution >= 4 is 50.2 Å². The summed E-state index contributed by atoms with van der Waals surface area (Å²) >= 11 is 15.7. The van der Waals surface area contributed by atoms with Crippen LogP contribution in [-0.2, 0) is 5.88 Å². The van der Waals surface area contributed by atoms with Gasteiger partial charge in [-0.05, 0) is 42.8 Å². The Bertz CT molecular complexity index is 796. The van der Waals surface area contributed by atoms with Crippen LogP contribution in [0.25, 0.3) is 16.7 Å². The monoisotopic (exact) mass is 368 g/mol. The second kappa shape index (κ2) is 5.40. The Morgan fingerprint density at radius 3 is 2.70 bits per heavy atom. The number of rotatable bonds is 2. The van der Waals surface area contributed by atoms with Crippen LogP contribution >= 0.6 is 39.1 Å². The number of aryl methyl sites for hydroxylation is 1. The van der Waals surface area contributed by atoms with E-state index in [0.29, 0.717) is 10.9 Å². The molecule has 2 nitrogen and oxygen atoms in total. The van der Waals surface area contributed by atoms with Gasteiger partial charge in [0, 0.05) is 15.2 Å². The van der Waals surface area contributed by atoms with Gasteiger partial charge in [0.2, 0.25) is 0 Å². The van der Waals surface area contributed by atoms with E-state index in [-0.39, 0.29) is 0 Å². The van der Waals surface area contributed by atoms with E-state index in [1.807, 2.05) is 22.8 Å². The Morgan fingerprint density at radius 2 is 2.00 bits per heavy atom. The van der Waals surface area contributed by atoms with Crippen molar-refractivity contribution in [1.82, 2.24) is 9.55 Å². The van der Waals surface area contributed by atoms with Gasteiger partial charge in [0.25, 0.3) is 0 Å². The smallest absolute Gasteiger partial charge is 0.129 e. The van der Waals surface area contributed by atoms with Crippen LogP contribution in [0.5, 0.6) is 0 Å². The number of aromatic nitrogens is 2. The van der Waals surface area contributed by atoms with E-state index in [2.05, 4.69) is 46.0 Å². The number of imidazole rings is 1. The van der Waals surface area contributed by atoms with Gasteiger partial charge in [-0.1, -0.05) is 33.6 Å². The number of halogens is 3. The molecule has 0 N–H and O–H groups in total. The quantitative estimate of drug-likeness (QED) is 0.546. The van der Waals surface area contributed by atoms with Crippen LogP contribution in [0.15, 0.2) is 40.9 Å². The molecule has 3 rings (SSSR count). The minimum Gasteiger partial charge on any atom is -0.295 e. The van der Waals surface area contributed by atoms with Crippen LogP contribution < -0.4 is 0 Å². The molecular weight excluding hydrogens is 359 g/mol. The second-order valence-corrected chi connectivity index (χ2v) is 6.12. The Kier molecular flexibility index (Phi) is 3.76. The third-order valence-corrected chi connectivity index (χ3v) is 4.55. The third kappa shape index (κ3) is 2.34. The van der Waals surface area contributed by atoms with E-state index >= 15 is 0 Å². The van der Waals surface area contributed by atoms with Crippen LogP contribution in [0.1, 0.15) is 11.4 Å². The molecule has 2 aromatic carbocycles. The molecule has 1 aromatic heterocycles. The van der Waals surface area contributed by atoms with Crippen LogP contribution in [0.2, 0.25) is 5.02 Å². The van der Waals surface area contributed by atoms with Crippen LogP contribution in [0.4, 0.5) is 0 Å². The Balaban J connectivity index is 2.32. The maximum atomic E-state index is 6.10. The highest BCUT2D eigenvalue weighted by molar-refractivity contribution is 9.10. The number of hydrogen-bond donors (Lipinski definition) is 0. The topological polar surface area (TPSA) is 17.8 Å². The molecule has 20 heavy (non-hydrogen) atoms. The Morgan fingerprint density at radius 1 is 1.20 bits per heavy atom. The average Bonchev–Trinajstić information content (AvgIpc) is 2.79. The first-order valence-electron chi connectivity index (χ1n) is 6.09. The lowest BCUT2D eigenvalue weighted by Gasteiger charge is -2.09. The minimum absolute atomic E-state index is 0.345. The zero-order valence-corrected chi connectivity index (χ0v) is 13.8. The van der Waals surface area contributed by atoms with Gasteiger partial charge in [-0.15, -0.1) is 11.6 Å². The molecule has 0 saturated carbocycles. The first-order valence-corrected chi connectivity index (χ1v) is 7.80. The molecule has 0 fully saturated rings. The molecule has 102 valence electrons. The largest absolute Gasteiger partial charge is 0.295 e. The molecule has 0 unspecified atom stereocenters. The van der Waals surface area contributed by atoms with Gasteiger partial charge < -0.3 is 0 Å². The minimum atomic E-state index is 0.345. The molecule has 0 saturated heterocycles. The maximum Gasteiger partial charge on any atom is 0.129 e. The molecular formula is C15H11BrCl2N2. The fraction of sp³-hybridized carbons (Fsp3) is 0.133. The van der Waals surface area contributed by atoms with E-state index in [1.54, 1.807) is 0 Å². The van der Waals surface area contributed by atoms with Crippen molar-refractivity contribution in [3.63, 3.8) is 0 Å². The summed E-state index contributed by atoms with van der Waals surface area (Å²) in [5.74, 6) is 1.15. The van der Waals surface area contributed by atoms with E-state index in [9.17, 15) is 0 Å². The van der Waals surface area contributed by atoms with Crippen molar-refractivity contribution in [2.75, 3.05) is 0 Å². The molecule has 0 aliphatic rings. The third-order valence-electron chi connectivity index (χ3n) is 3.22. The zero-order chi connectivity index (χ0) is 14.3. The summed E-state index contributed by atoms with van der Waals surface area (Å²) < 4.78 is 3.10. The van der Waals surface area contributed by atoms with Crippen molar-refractivity contribution in [1.29, 1.82) is 0 Å². The molecule has 0 atom stereocenters. The number of alkyl halides is 1. The van der Waals surface area contributed by atoms with Gasteiger partial charge in [-0.25, -0.2) is 4.98 Å². The van der Waals surface area contributed by atoms with Gasteiger partial charge in [0.1, 0.15) is 5.82 Å². The first-order chi connectivity index (χ1) is 9.60. The highest BCUT2D eigenvalue weighted by Gasteiger charge is 2.12. The van der Waals surface area contributed by atoms with Gasteiger partial charge in [0.15, 0.2) is 0 Å². The van der Waals surface area contributed by atoms with E-state index in [4.69, 9.17) is 23.2 Å². The molecule has 0 aliphatic heterocycles. The standard InChI is InChI=1S/C15H11BrCl2N2/c1-9-2-4-11(7-12(9)16)20-14-6-10(18)3-5-13(14)19-15(20)8-17/h2-7H,8H2,1H3. The van der Waals surface area contributed by atoms with Gasteiger partial charge >= 0.3 is 0 Å². The van der Waals surface area contributed by atoms with Gasteiger partial charge in [0.05, 0.1) is 16.9 Å². The molecule has 0 amide bonds. The van der Waals surface area contributed by atoms with Crippen molar-refractivity contribution in [3.05, 3.63) is 57.3 Å². The predicted octanol–water partition coefficient (Wildman–Crippen LogP) is 5.49. The maximum absolute atomic E-state index is 6.10. The molecule has 0 bridgehead atoms. The summed E-state index contributed by atoms with van der Waals surface area (Å²) in [6, 6.07) is 11.8. The highest BCUT2D eigenvalue weighted by atomic mass is 79.9. The Labute approximate surface area is 135 Å². The number of fused-ring (bicyclic) bond motifs is 1. The number of hydrogen-bond acceptors (Lipinski definition) is 1. The van der Waals surface area contributed by atoms with Crippen LogP contribution in [0, 0.1) is 6.92 Å². The SMILES string of the molecule is Cc1ccc(-n2c(CCl)nc3ccc(Cl)cc32)cc1Br. The van der Waals surface area contributed by atoms with Gasteiger partial charge in [-0.3, -0.25) is 4.57 Å². The summed E-state index contributed by atoms with van der Waals surface area (Å²) in [4.78, 5) is 4.56. The lowest BCUT2D eigenvalue weighted by Crippen LogP contribution is -1.99. The summed E-state index contributed by atoms with van der Waals surface area (Å²) in [7, 11) is 0. The Hall–Kier alpha value is -1.03. The number of nitrogens with zero attached hydrogens (tertiary/aromatic N) is 2. The fourth-order valence-corrected chi connectivity index (χ4v) is 2.91. The zero-order valence-electron chi connectivity index (χ0n) is 10.7.